The highest BCUT2D eigenvalue weighted by molar-refractivity contribution is 7.99. The Morgan fingerprint density at radius 3 is 2.42 bits per heavy atom. The van der Waals surface area contributed by atoms with Gasteiger partial charge in [-0.3, -0.25) is 0 Å². The molecule has 0 saturated carbocycles. The van der Waals surface area contributed by atoms with Crippen LogP contribution >= 0.6 is 11.8 Å². The maximum atomic E-state index is 12.9. The molecule has 5 nitrogen and oxygen atoms in total. The Morgan fingerprint density at radius 2 is 1.79 bits per heavy atom. The van der Waals surface area contributed by atoms with Gasteiger partial charge in [0.15, 0.2) is 5.76 Å². The van der Waals surface area contributed by atoms with Crippen molar-refractivity contribution in [2.24, 2.45) is 0 Å². The fourth-order valence-electron chi connectivity index (χ4n) is 1.78. The number of thioether (sulfide) groups is 1. The summed E-state index contributed by atoms with van der Waals surface area (Å²) in [6.07, 6.45) is -3.24. The van der Waals surface area contributed by atoms with Crippen molar-refractivity contribution in [1.82, 2.24) is 15.2 Å². The van der Waals surface area contributed by atoms with Crippen molar-refractivity contribution in [1.29, 1.82) is 0 Å². The van der Waals surface area contributed by atoms with Crippen molar-refractivity contribution >= 4 is 11.8 Å². The number of nitrogens with zero attached hydrogens (tertiary/aromatic N) is 3. The van der Waals surface area contributed by atoms with E-state index in [0.29, 0.717) is 11.3 Å². The van der Waals surface area contributed by atoms with E-state index in [-0.39, 0.29) is 16.9 Å². The largest absolute Gasteiger partial charge is 0.470 e. The number of hydrogen-bond acceptors (Lipinski definition) is 6. The van der Waals surface area contributed by atoms with E-state index in [9.17, 15) is 17.6 Å². The molecule has 0 saturated heterocycles. The summed E-state index contributed by atoms with van der Waals surface area (Å²) in [6, 6.07) is 5.62. The average Bonchev–Trinajstić information content (AvgIpc) is 3.16. The second-order valence-corrected chi connectivity index (χ2v) is 5.99. The minimum Gasteiger partial charge on any atom is -0.431 e. The number of aromatic nitrogens is 3. The van der Waals surface area contributed by atoms with Crippen LogP contribution in [-0.2, 0) is 6.18 Å². The van der Waals surface area contributed by atoms with E-state index >= 15 is 0 Å². The molecule has 1 aromatic carbocycles. The topological polar surface area (TPSA) is 65.0 Å². The van der Waals surface area contributed by atoms with Gasteiger partial charge in [0, 0.05) is 5.56 Å². The molecular formula is C14H9F4N3O2S. The van der Waals surface area contributed by atoms with Crippen molar-refractivity contribution in [3.63, 3.8) is 0 Å². The third-order valence-corrected chi connectivity index (χ3v) is 3.87. The predicted octanol–water partition coefficient (Wildman–Crippen LogP) is 4.74. The van der Waals surface area contributed by atoms with Gasteiger partial charge in [0.05, 0.1) is 11.4 Å². The van der Waals surface area contributed by atoms with Crippen LogP contribution in [0.5, 0.6) is 0 Å². The SMILES string of the molecule is C[C@H](Sc1ncc(-c2ccc(F)cc2)o1)c1nnc(C(F)(F)F)o1. The van der Waals surface area contributed by atoms with Crippen molar-refractivity contribution in [2.45, 2.75) is 23.6 Å². The number of benzene rings is 1. The molecule has 0 aliphatic rings. The number of alkyl halides is 3. The maximum absolute atomic E-state index is 12.9. The Hall–Kier alpha value is -2.36. The molecule has 0 spiro atoms. The molecule has 2 heterocycles. The standard InChI is InChI=1S/C14H9F4N3O2S/c1-7(11-20-21-12(23-11)14(16,17)18)24-13-19-6-10(22-13)8-2-4-9(15)5-3-8/h2-7H,1H3/t7-/m0/s1. The van der Waals surface area contributed by atoms with Gasteiger partial charge in [-0.25, -0.2) is 9.37 Å². The zero-order chi connectivity index (χ0) is 17.3. The van der Waals surface area contributed by atoms with Gasteiger partial charge in [0.2, 0.25) is 5.89 Å². The van der Waals surface area contributed by atoms with Crippen LogP contribution in [-0.4, -0.2) is 15.2 Å². The summed E-state index contributed by atoms with van der Waals surface area (Å²) in [5.41, 5.74) is 0.626. The van der Waals surface area contributed by atoms with E-state index in [2.05, 4.69) is 19.6 Å². The number of hydrogen-bond donors (Lipinski definition) is 0. The zero-order valence-electron chi connectivity index (χ0n) is 12.0. The van der Waals surface area contributed by atoms with Gasteiger partial charge in [0.25, 0.3) is 5.22 Å². The van der Waals surface area contributed by atoms with Gasteiger partial charge >= 0.3 is 12.1 Å². The molecule has 1 atom stereocenters. The molecule has 0 radical (unpaired) electrons. The van der Waals surface area contributed by atoms with Crippen LogP contribution in [0.4, 0.5) is 17.6 Å². The summed E-state index contributed by atoms with van der Waals surface area (Å²) in [5.74, 6) is -1.55. The average molecular weight is 359 g/mol. The number of oxazole rings is 1. The third kappa shape index (κ3) is 3.58. The minimum atomic E-state index is -4.69. The van der Waals surface area contributed by atoms with Crippen LogP contribution in [0, 0.1) is 5.82 Å². The summed E-state index contributed by atoms with van der Waals surface area (Å²) in [5, 5.41) is 5.98. The minimum absolute atomic E-state index is 0.186. The van der Waals surface area contributed by atoms with Gasteiger partial charge in [-0.15, -0.1) is 10.2 Å². The molecule has 126 valence electrons. The predicted molar refractivity (Wildman–Crippen MR) is 75.5 cm³/mol. The first-order valence-corrected chi connectivity index (χ1v) is 7.50. The summed E-state index contributed by atoms with van der Waals surface area (Å²) in [7, 11) is 0. The van der Waals surface area contributed by atoms with E-state index in [1.165, 1.54) is 30.5 Å². The molecule has 0 unspecified atom stereocenters. The van der Waals surface area contributed by atoms with E-state index in [4.69, 9.17) is 4.42 Å². The molecule has 3 aromatic rings. The summed E-state index contributed by atoms with van der Waals surface area (Å²) < 4.78 is 60.4. The van der Waals surface area contributed by atoms with E-state index in [1.54, 1.807) is 6.92 Å². The number of rotatable bonds is 4. The Bertz CT molecular complexity index is 829. The van der Waals surface area contributed by atoms with Gasteiger partial charge in [0.1, 0.15) is 5.82 Å². The monoisotopic (exact) mass is 359 g/mol. The van der Waals surface area contributed by atoms with Crippen LogP contribution in [0.1, 0.15) is 24.0 Å². The van der Waals surface area contributed by atoms with Crippen LogP contribution in [0.3, 0.4) is 0 Å². The first-order chi connectivity index (χ1) is 11.3. The van der Waals surface area contributed by atoms with Gasteiger partial charge in [-0.1, -0.05) is 11.8 Å². The second kappa shape index (κ2) is 6.27. The van der Waals surface area contributed by atoms with Crippen molar-refractivity contribution in [3.05, 3.63) is 48.1 Å². The summed E-state index contributed by atoms with van der Waals surface area (Å²) in [4.78, 5) is 4.03. The molecule has 2 aromatic heterocycles. The van der Waals surface area contributed by atoms with Gasteiger partial charge in [-0.2, -0.15) is 13.2 Å². The quantitative estimate of drug-likeness (QED) is 0.495. The van der Waals surface area contributed by atoms with E-state index in [0.717, 1.165) is 11.8 Å². The summed E-state index contributed by atoms with van der Waals surface area (Å²) >= 11 is 1.02. The molecule has 0 aliphatic heterocycles. The highest BCUT2D eigenvalue weighted by atomic mass is 32.2. The van der Waals surface area contributed by atoms with Crippen molar-refractivity contribution in [3.8, 4) is 11.3 Å². The number of halogens is 4. The van der Waals surface area contributed by atoms with Crippen LogP contribution in [0.25, 0.3) is 11.3 Å². The molecule has 10 heteroatoms. The zero-order valence-corrected chi connectivity index (χ0v) is 12.9. The second-order valence-electron chi connectivity index (χ2n) is 4.70. The molecule has 0 aliphatic carbocycles. The molecule has 24 heavy (non-hydrogen) atoms. The lowest BCUT2D eigenvalue weighted by atomic mass is 10.2. The highest BCUT2D eigenvalue weighted by Crippen LogP contribution is 2.37. The fraction of sp³-hybridized carbons (Fsp3) is 0.214. The molecule has 0 bridgehead atoms. The lowest BCUT2D eigenvalue weighted by Gasteiger charge is -2.03. The van der Waals surface area contributed by atoms with E-state index in [1.807, 2.05) is 0 Å². The Balaban J connectivity index is 1.72. The molecule has 3 rings (SSSR count). The highest BCUT2D eigenvalue weighted by Gasteiger charge is 2.38. The fourth-order valence-corrected chi connectivity index (χ4v) is 2.53. The van der Waals surface area contributed by atoms with Gasteiger partial charge in [-0.05, 0) is 31.2 Å². The lowest BCUT2D eigenvalue weighted by molar-refractivity contribution is -0.157. The molecule has 0 amide bonds. The third-order valence-electron chi connectivity index (χ3n) is 2.92. The van der Waals surface area contributed by atoms with Gasteiger partial charge < -0.3 is 8.83 Å². The lowest BCUT2D eigenvalue weighted by Crippen LogP contribution is -2.04. The molecular weight excluding hydrogens is 350 g/mol. The smallest absolute Gasteiger partial charge is 0.431 e. The van der Waals surface area contributed by atoms with E-state index < -0.39 is 17.3 Å². The summed E-state index contributed by atoms with van der Waals surface area (Å²) in [6.45, 7) is 1.58. The van der Waals surface area contributed by atoms with Crippen LogP contribution < -0.4 is 0 Å². The Kier molecular flexibility index (Phi) is 4.31. The van der Waals surface area contributed by atoms with Crippen LogP contribution in [0.15, 0.2) is 44.5 Å². The van der Waals surface area contributed by atoms with Crippen LogP contribution in [0.2, 0.25) is 0 Å². The molecule has 0 N–H and O–H groups in total. The Labute approximate surface area is 137 Å². The van der Waals surface area contributed by atoms with Crippen molar-refractivity contribution < 1.29 is 26.4 Å². The maximum Gasteiger partial charge on any atom is 0.470 e. The van der Waals surface area contributed by atoms with Crippen molar-refractivity contribution in [2.75, 3.05) is 0 Å². The molecule has 0 fully saturated rings. The first kappa shape index (κ1) is 16.5. The Morgan fingerprint density at radius 1 is 1.08 bits per heavy atom. The normalized spacial score (nSPS) is 13.2. The first-order valence-electron chi connectivity index (χ1n) is 6.62.